The van der Waals surface area contributed by atoms with Gasteiger partial charge in [0.25, 0.3) is 0 Å². The van der Waals surface area contributed by atoms with Crippen molar-refractivity contribution in [2.75, 3.05) is 13.1 Å². The van der Waals surface area contributed by atoms with Crippen molar-refractivity contribution in [1.82, 2.24) is 10.6 Å². The van der Waals surface area contributed by atoms with Crippen LogP contribution in [0.15, 0.2) is 24.3 Å². The van der Waals surface area contributed by atoms with E-state index < -0.39 is 5.60 Å². The van der Waals surface area contributed by atoms with Crippen molar-refractivity contribution in [3.05, 3.63) is 35.6 Å². The maximum Gasteiger partial charge on any atom is 0.324 e. The number of hydrogen-bond acceptors (Lipinski definition) is 4. The topological polar surface area (TPSA) is 50.4 Å². The van der Waals surface area contributed by atoms with Crippen LogP contribution >= 0.6 is 0 Å². The summed E-state index contributed by atoms with van der Waals surface area (Å²) in [5.41, 5.74) is 0.150. The molecular weight excluding hydrogens is 307 g/mol. The lowest BCUT2D eigenvalue weighted by Gasteiger charge is -2.32. The summed E-state index contributed by atoms with van der Waals surface area (Å²) in [7, 11) is 0. The molecule has 0 heterocycles. The van der Waals surface area contributed by atoms with Crippen LogP contribution in [0.4, 0.5) is 4.39 Å². The second kappa shape index (κ2) is 8.58. The van der Waals surface area contributed by atoms with Gasteiger partial charge in [-0.05, 0) is 43.9 Å². The zero-order valence-electron chi connectivity index (χ0n) is 15.7. The van der Waals surface area contributed by atoms with Gasteiger partial charge >= 0.3 is 5.97 Å². The van der Waals surface area contributed by atoms with Gasteiger partial charge in [-0.3, -0.25) is 4.79 Å². The Kier molecular flexibility index (Phi) is 7.36. The molecule has 0 unspecified atom stereocenters. The third-order valence-corrected chi connectivity index (χ3v) is 3.38. The standard InChI is InChI=1S/C19H31FN2O2/c1-18(2,3)16(17(23)24-19(4,5)6)22-11-10-21-13-14-8-7-9-15(20)12-14/h7-9,12,16,21-22H,10-11,13H2,1-6H3/t16-/m1/s1. The normalized spacial score (nSPS) is 13.6. The zero-order valence-corrected chi connectivity index (χ0v) is 15.7. The molecule has 1 atom stereocenters. The molecule has 0 aliphatic heterocycles. The van der Waals surface area contributed by atoms with E-state index in [0.29, 0.717) is 19.6 Å². The molecule has 2 N–H and O–H groups in total. The van der Waals surface area contributed by atoms with Crippen LogP contribution in [-0.4, -0.2) is 30.7 Å². The molecule has 0 bridgehead atoms. The van der Waals surface area contributed by atoms with Crippen LogP contribution < -0.4 is 10.6 Å². The fourth-order valence-corrected chi connectivity index (χ4v) is 2.29. The maximum absolute atomic E-state index is 13.1. The molecule has 0 saturated heterocycles. The minimum absolute atomic E-state index is 0.231. The molecule has 1 aromatic carbocycles. The van der Waals surface area contributed by atoms with E-state index in [1.165, 1.54) is 12.1 Å². The van der Waals surface area contributed by atoms with Crippen molar-refractivity contribution in [3.8, 4) is 0 Å². The number of nitrogens with one attached hydrogen (secondary N) is 2. The van der Waals surface area contributed by atoms with Crippen molar-refractivity contribution in [2.45, 2.75) is 59.7 Å². The summed E-state index contributed by atoms with van der Waals surface area (Å²) in [5, 5.41) is 6.51. The minimum atomic E-state index is -0.502. The Morgan fingerprint density at radius 1 is 1.17 bits per heavy atom. The number of rotatable bonds is 7. The Bertz CT molecular complexity index is 533. The first-order valence-corrected chi connectivity index (χ1v) is 8.40. The third-order valence-electron chi connectivity index (χ3n) is 3.38. The van der Waals surface area contributed by atoms with E-state index in [0.717, 1.165) is 5.56 Å². The van der Waals surface area contributed by atoms with Crippen molar-refractivity contribution < 1.29 is 13.9 Å². The number of carbonyl (C=O) groups excluding carboxylic acids is 1. The largest absolute Gasteiger partial charge is 0.459 e. The van der Waals surface area contributed by atoms with Gasteiger partial charge in [0.05, 0.1) is 0 Å². The highest BCUT2D eigenvalue weighted by Crippen LogP contribution is 2.22. The summed E-state index contributed by atoms with van der Waals surface area (Å²) >= 11 is 0. The number of carbonyl (C=O) groups is 1. The molecule has 0 amide bonds. The highest BCUT2D eigenvalue weighted by atomic mass is 19.1. The lowest BCUT2D eigenvalue weighted by molar-refractivity contribution is -0.160. The van der Waals surface area contributed by atoms with Crippen molar-refractivity contribution >= 4 is 5.97 Å². The quantitative estimate of drug-likeness (QED) is 0.592. The first-order valence-electron chi connectivity index (χ1n) is 8.40. The van der Waals surface area contributed by atoms with Crippen LogP contribution in [0.5, 0.6) is 0 Å². The number of ether oxygens (including phenoxy) is 1. The van der Waals surface area contributed by atoms with E-state index in [1.54, 1.807) is 6.07 Å². The molecule has 1 aromatic rings. The molecule has 1 rings (SSSR count). The van der Waals surface area contributed by atoms with Crippen molar-refractivity contribution in [2.24, 2.45) is 5.41 Å². The fraction of sp³-hybridized carbons (Fsp3) is 0.632. The lowest BCUT2D eigenvalue weighted by Crippen LogP contribution is -2.50. The molecule has 0 radical (unpaired) electrons. The molecule has 136 valence electrons. The van der Waals surface area contributed by atoms with Gasteiger partial charge in [0.15, 0.2) is 0 Å². The van der Waals surface area contributed by atoms with E-state index in [2.05, 4.69) is 10.6 Å². The highest BCUT2D eigenvalue weighted by molar-refractivity contribution is 5.77. The van der Waals surface area contributed by atoms with Gasteiger partial charge in [0.2, 0.25) is 0 Å². The first kappa shape index (κ1) is 20.6. The monoisotopic (exact) mass is 338 g/mol. The zero-order chi connectivity index (χ0) is 18.4. The molecule has 0 fully saturated rings. The summed E-state index contributed by atoms with van der Waals surface area (Å²) in [5.74, 6) is -0.467. The van der Waals surface area contributed by atoms with E-state index in [4.69, 9.17) is 4.74 Å². The molecule has 4 nitrogen and oxygen atoms in total. The fourth-order valence-electron chi connectivity index (χ4n) is 2.29. The van der Waals surface area contributed by atoms with E-state index in [1.807, 2.05) is 47.6 Å². The lowest BCUT2D eigenvalue weighted by atomic mass is 9.86. The van der Waals surface area contributed by atoms with Gasteiger partial charge in [-0.15, -0.1) is 0 Å². The number of hydrogen-bond donors (Lipinski definition) is 2. The summed E-state index contributed by atoms with van der Waals surface area (Å²) in [6, 6.07) is 6.14. The van der Waals surface area contributed by atoms with Crippen LogP contribution in [-0.2, 0) is 16.1 Å². The molecule has 0 aromatic heterocycles. The van der Waals surface area contributed by atoms with Crippen molar-refractivity contribution in [3.63, 3.8) is 0 Å². The van der Waals surface area contributed by atoms with E-state index in [-0.39, 0.29) is 23.2 Å². The predicted molar refractivity (Wildman–Crippen MR) is 95.2 cm³/mol. The van der Waals surface area contributed by atoms with Gasteiger partial charge in [0, 0.05) is 19.6 Å². The summed E-state index contributed by atoms with van der Waals surface area (Å²) in [6.45, 7) is 13.5. The average Bonchev–Trinajstić information content (AvgIpc) is 2.39. The molecule has 0 aliphatic carbocycles. The Morgan fingerprint density at radius 2 is 1.83 bits per heavy atom. The Balaban J connectivity index is 2.44. The maximum atomic E-state index is 13.1. The number of halogens is 1. The Hall–Kier alpha value is -1.46. The molecule has 0 spiro atoms. The van der Waals surface area contributed by atoms with Crippen molar-refractivity contribution in [1.29, 1.82) is 0 Å². The number of esters is 1. The Morgan fingerprint density at radius 3 is 2.38 bits per heavy atom. The highest BCUT2D eigenvalue weighted by Gasteiger charge is 2.34. The SMILES string of the molecule is CC(C)(C)OC(=O)[C@@H](NCCNCc1cccc(F)c1)C(C)(C)C. The van der Waals surface area contributed by atoms with Gasteiger partial charge < -0.3 is 15.4 Å². The Labute approximate surface area is 145 Å². The van der Waals surface area contributed by atoms with Crippen LogP contribution in [0.25, 0.3) is 0 Å². The first-order chi connectivity index (χ1) is 11.0. The smallest absolute Gasteiger partial charge is 0.324 e. The van der Waals surface area contributed by atoms with Crippen LogP contribution in [0.3, 0.4) is 0 Å². The summed E-state index contributed by atoms with van der Waals surface area (Å²) < 4.78 is 18.6. The van der Waals surface area contributed by atoms with Gasteiger partial charge in [-0.2, -0.15) is 0 Å². The van der Waals surface area contributed by atoms with Crippen LogP contribution in [0.1, 0.15) is 47.1 Å². The molecule has 0 aliphatic rings. The molecule has 0 saturated carbocycles. The second-order valence-electron chi connectivity index (χ2n) is 8.09. The third kappa shape index (κ3) is 7.88. The van der Waals surface area contributed by atoms with Gasteiger partial charge in [0.1, 0.15) is 17.5 Å². The second-order valence-corrected chi connectivity index (χ2v) is 8.09. The predicted octanol–water partition coefficient (Wildman–Crippen LogP) is 3.26. The molecular formula is C19H31FN2O2. The number of benzene rings is 1. The summed E-state index contributed by atoms with van der Waals surface area (Å²) in [4.78, 5) is 12.4. The van der Waals surface area contributed by atoms with Gasteiger partial charge in [-0.25, -0.2) is 4.39 Å². The average molecular weight is 338 g/mol. The van der Waals surface area contributed by atoms with E-state index >= 15 is 0 Å². The van der Waals surface area contributed by atoms with Gasteiger partial charge in [-0.1, -0.05) is 32.9 Å². The molecule has 5 heteroatoms. The summed E-state index contributed by atoms with van der Waals surface area (Å²) in [6.07, 6.45) is 0. The van der Waals surface area contributed by atoms with E-state index in [9.17, 15) is 9.18 Å². The molecule has 24 heavy (non-hydrogen) atoms. The minimum Gasteiger partial charge on any atom is -0.459 e. The van der Waals surface area contributed by atoms with Crippen LogP contribution in [0, 0.1) is 11.2 Å². The van der Waals surface area contributed by atoms with Crippen LogP contribution in [0.2, 0.25) is 0 Å².